The molecule has 1 aromatic heterocycles. The molecule has 2 aromatic carbocycles. The molecule has 0 bridgehead atoms. The molecule has 0 fully saturated rings. The smallest absolute Gasteiger partial charge is 0.247 e. The topological polar surface area (TPSA) is 51.0 Å². The third-order valence-electron chi connectivity index (χ3n) is 2.96. The van der Waals surface area contributed by atoms with Crippen molar-refractivity contribution in [2.45, 2.75) is 6.54 Å². The van der Waals surface area contributed by atoms with Gasteiger partial charge in [-0.3, -0.25) is 0 Å². The number of halogens is 2. The minimum Gasteiger partial charge on any atom is -0.423 e. The Hall–Kier alpha value is -2.40. The molecule has 0 spiro atoms. The first-order chi connectivity index (χ1) is 10.2. The van der Waals surface area contributed by atoms with E-state index in [1.165, 1.54) is 18.5 Å². The number of aromatic nitrogens is 2. The Morgan fingerprint density at radius 1 is 1.19 bits per heavy atom. The summed E-state index contributed by atoms with van der Waals surface area (Å²) >= 11 is 5.87. The number of nitrogens with zero attached hydrogens (tertiary/aromatic N) is 2. The second-order valence-electron chi connectivity index (χ2n) is 4.41. The Morgan fingerprint density at radius 3 is 2.90 bits per heavy atom. The molecular formula is C15H11ClFN3O. The summed E-state index contributed by atoms with van der Waals surface area (Å²) in [7, 11) is 0. The molecule has 0 aliphatic rings. The lowest BCUT2D eigenvalue weighted by Gasteiger charge is -2.08. The van der Waals surface area contributed by atoms with Crippen LogP contribution in [0.3, 0.4) is 0 Å². The molecule has 0 saturated carbocycles. The van der Waals surface area contributed by atoms with E-state index in [9.17, 15) is 4.39 Å². The van der Waals surface area contributed by atoms with Gasteiger partial charge in [-0.05, 0) is 36.4 Å². The third-order valence-corrected chi connectivity index (χ3v) is 3.20. The molecule has 106 valence electrons. The van der Waals surface area contributed by atoms with Crippen LogP contribution in [-0.2, 0) is 6.54 Å². The Bertz CT molecular complexity index is 746. The van der Waals surface area contributed by atoms with Crippen LogP contribution in [0.15, 0.2) is 53.3 Å². The van der Waals surface area contributed by atoms with Crippen molar-refractivity contribution in [3.8, 4) is 11.5 Å². The lowest BCUT2D eigenvalue weighted by atomic mass is 10.1. The van der Waals surface area contributed by atoms with Crippen molar-refractivity contribution in [3.05, 3.63) is 65.3 Å². The third kappa shape index (κ3) is 3.20. The molecule has 0 radical (unpaired) electrons. The summed E-state index contributed by atoms with van der Waals surface area (Å²) in [6.07, 6.45) is 1.27. The fourth-order valence-corrected chi connectivity index (χ4v) is 2.13. The molecule has 21 heavy (non-hydrogen) atoms. The zero-order valence-electron chi connectivity index (χ0n) is 10.9. The number of benzene rings is 2. The van der Waals surface area contributed by atoms with Crippen LogP contribution >= 0.6 is 11.6 Å². The van der Waals surface area contributed by atoms with Gasteiger partial charge >= 0.3 is 0 Å². The number of nitrogens with one attached hydrogen (secondary N) is 1. The van der Waals surface area contributed by atoms with Crippen molar-refractivity contribution < 1.29 is 8.81 Å². The van der Waals surface area contributed by atoms with Crippen LogP contribution in [0.25, 0.3) is 11.5 Å². The standard InChI is InChI=1S/C15H11ClFN3O/c16-12-4-5-14(17)11(6-12)8-18-13-3-1-2-10(7-13)15-20-19-9-21-15/h1-7,9,18H,8H2. The predicted octanol–water partition coefficient (Wildman–Crippen LogP) is 4.14. The molecule has 0 aliphatic heterocycles. The molecule has 4 nitrogen and oxygen atoms in total. The van der Waals surface area contributed by atoms with E-state index in [0.29, 0.717) is 23.0 Å². The lowest BCUT2D eigenvalue weighted by molar-refractivity contribution is 0.568. The molecule has 1 heterocycles. The van der Waals surface area contributed by atoms with E-state index >= 15 is 0 Å². The maximum atomic E-state index is 13.6. The fraction of sp³-hybridized carbons (Fsp3) is 0.0667. The van der Waals surface area contributed by atoms with Crippen molar-refractivity contribution >= 4 is 17.3 Å². The highest BCUT2D eigenvalue weighted by molar-refractivity contribution is 6.30. The fourth-order valence-electron chi connectivity index (χ4n) is 1.94. The van der Waals surface area contributed by atoms with Crippen molar-refractivity contribution in [1.29, 1.82) is 0 Å². The molecule has 0 saturated heterocycles. The average Bonchev–Trinajstić information content (AvgIpc) is 3.03. The van der Waals surface area contributed by atoms with Gasteiger partial charge in [-0.15, -0.1) is 10.2 Å². The Morgan fingerprint density at radius 2 is 2.10 bits per heavy atom. The second-order valence-corrected chi connectivity index (χ2v) is 4.85. The minimum atomic E-state index is -0.292. The van der Waals surface area contributed by atoms with Crippen molar-refractivity contribution in [2.75, 3.05) is 5.32 Å². The monoisotopic (exact) mass is 303 g/mol. The van der Waals surface area contributed by atoms with Gasteiger partial charge in [-0.25, -0.2) is 4.39 Å². The molecule has 3 rings (SSSR count). The van der Waals surface area contributed by atoms with Crippen molar-refractivity contribution in [3.63, 3.8) is 0 Å². The molecule has 0 unspecified atom stereocenters. The van der Waals surface area contributed by atoms with Crippen molar-refractivity contribution in [2.24, 2.45) is 0 Å². The first kappa shape index (κ1) is 13.6. The van der Waals surface area contributed by atoms with Crippen LogP contribution < -0.4 is 5.32 Å². The normalized spacial score (nSPS) is 10.6. The van der Waals surface area contributed by atoms with Gasteiger partial charge in [0, 0.05) is 28.4 Å². The van der Waals surface area contributed by atoms with E-state index in [0.717, 1.165) is 11.3 Å². The highest BCUT2D eigenvalue weighted by Gasteiger charge is 2.06. The van der Waals surface area contributed by atoms with Gasteiger partial charge in [-0.2, -0.15) is 0 Å². The number of hydrogen-bond donors (Lipinski definition) is 1. The summed E-state index contributed by atoms with van der Waals surface area (Å²) in [5, 5.41) is 11.1. The van der Waals surface area contributed by atoms with Crippen LogP contribution in [0.1, 0.15) is 5.56 Å². The highest BCUT2D eigenvalue weighted by Crippen LogP contribution is 2.21. The minimum absolute atomic E-state index is 0.292. The van der Waals surface area contributed by atoms with Crippen LogP contribution in [-0.4, -0.2) is 10.2 Å². The maximum Gasteiger partial charge on any atom is 0.247 e. The highest BCUT2D eigenvalue weighted by atomic mass is 35.5. The van der Waals surface area contributed by atoms with E-state index in [2.05, 4.69) is 15.5 Å². The van der Waals surface area contributed by atoms with Crippen LogP contribution in [0.2, 0.25) is 5.02 Å². The first-order valence-electron chi connectivity index (χ1n) is 6.27. The zero-order valence-corrected chi connectivity index (χ0v) is 11.6. The van der Waals surface area contributed by atoms with Gasteiger partial charge in [-0.1, -0.05) is 17.7 Å². The summed E-state index contributed by atoms with van der Waals surface area (Å²) in [5.41, 5.74) is 2.12. The van der Waals surface area contributed by atoms with Crippen LogP contribution in [0.4, 0.5) is 10.1 Å². The van der Waals surface area contributed by atoms with E-state index in [1.807, 2.05) is 24.3 Å². The summed E-state index contributed by atoms with van der Waals surface area (Å²) in [6, 6.07) is 11.9. The molecule has 6 heteroatoms. The predicted molar refractivity (Wildman–Crippen MR) is 78.5 cm³/mol. The largest absolute Gasteiger partial charge is 0.423 e. The van der Waals surface area contributed by atoms with E-state index in [4.69, 9.17) is 16.0 Å². The molecule has 0 amide bonds. The molecule has 3 aromatic rings. The van der Waals surface area contributed by atoms with Gasteiger partial charge < -0.3 is 9.73 Å². The number of anilines is 1. The summed E-state index contributed by atoms with van der Waals surface area (Å²) in [5.74, 6) is 0.146. The summed E-state index contributed by atoms with van der Waals surface area (Å²) < 4.78 is 18.8. The van der Waals surface area contributed by atoms with E-state index < -0.39 is 0 Å². The second kappa shape index (κ2) is 5.93. The van der Waals surface area contributed by atoms with E-state index in [1.54, 1.807) is 6.07 Å². The Kier molecular flexibility index (Phi) is 3.83. The summed E-state index contributed by atoms with van der Waals surface area (Å²) in [4.78, 5) is 0. The van der Waals surface area contributed by atoms with Gasteiger partial charge in [0.1, 0.15) is 5.82 Å². The van der Waals surface area contributed by atoms with Gasteiger partial charge in [0.25, 0.3) is 0 Å². The molecular weight excluding hydrogens is 293 g/mol. The first-order valence-corrected chi connectivity index (χ1v) is 6.64. The van der Waals surface area contributed by atoms with Gasteiger partial charge in [0.05, 0.1) is 0 Å². The van der Waals surface area contributed by atoms with Gasteiger partial charge in [0.15, 0.2) is 0 Å². The maximum absolute atomic E-state index is 13.6. The summed E-state index contributed by atoms with van der Waals surface area (Å²) in [6.45, 7) is 0.333. The van der Waals surface area contributed by atoms with Crippen molar-refractivity contribution in [1.82, 2.24) is 10.2 Å². The Labute approximate surface area is 125 Å². The average molecular weight is 304 g/mol. The van der Waals surface area contributed by atoms with Gasteiger partial charge in [0.2, 0.25) is 12.3 Å². The molecule has 0 aliphatic carbocycles. The Balaban J connectivity index is 1.76. The molecule has 0 atom stereocenters. The van der Waals surface area contributed by atoms with Crippen LogP contribution in [0, 0.1) is 5.82 Å². The van der Waals surface area contributed by atoms with Crippen LogP contribution in [0.5, 0.6) is 0 Å². The van der Waals surface area contributed by atoms with E-state index in [-0.39, 0.29) is 5.82 Å². The molecule has 1 N–H and O–H groups in total. The zero-order chi connectivity index (χ0) is 14.7. The quantitative estimate of drug-likeness (QED) is 0.787. The SMILES string of the molecule is Fc1ccc(Cl)cc1CNc1cccc(-c2nnco2)c1. The number of rotatable bonds is 4. The lowest BCUT2D eigenvalue weighted by Crippen LogP contribution is -2.01. The number of hydrogen-bond acceptors (Lipinski definition) is 4.